The zero-order valence-electron chi connectivity index (χ0n) is 10.6. The van der Waals surface area contributed by atoms with Gasteiger partial charge in [-0.3, -0.25) is 4.79 Å². The Morgan fingerprint density at radius 3 is 2.52 bits per heavy atom. The van der Waals surface area contributed by atoms with Crippen LogP contribution in [0.4, 0.5) is 15.8 Å². The van der Waals surface area contributed by atoms with E-state index in [1.54, 1.807) is 0 Å². The van der Waals surface area contributed by atoms with Gasteiger partial charge in [0.15, 0.2) is 0 Å². The van der Waals surface area contributed by atoms with E-state index in [-0.39, 0.29) is 27.5 Å². The highest BCUT2D eigenvalue weighted by atomic mass is 35.5. The zero-order chi connectivity index (χ0) is 15.6. The van der Waals surface area contributed by atoms with Crippen LogP contribution in [-0.2, 0) is 0 Å². The lowest BCUT2D eigenvalue weighted by Gasteiger charge is -2.09. The largest absolute Gasteiger partial charge is 0.478 e. The molecule has 2 rings (SSSR count). The van der Waals surface area contributed by atoms with Crippen LogP contribution in [0.2, 0.25) is 5.02 Å². The summed E-state index contributed by atoms with van der Waals surface area (Å²) in [4.78, 5) is 23.1. The van der Waals surface area contributed by atoms with Gasteiger partial charge in [-0.2, -0.15) is 0 Å². The highest BCUT2D eigenvalue weighted by molar-refractivity contribution is 6.30. The van der Waals surface area contributed by atoms with Gasteiger partial charge in [-0.15, -0.1) is 0 Å². The summed E-state index contributed by atoms with van der Waals surface area (Å²) >= 11 is 5.53. The van der Waals surface area contributed by atoms with Crippen molar-refractivity contribution in [2.75, 3.05) is 11.1 Å². The van der Waals surface area contributed by atoms with Gasteiger partial charge in [0, 0.05) is 11.3 Å². The Kier molecular flexibility index (Phi) is 4.09. The third-order valence-electron chi connectivity index (χ3n) is 2.70. The zero-order valence-corrected chi connectivity index (χ0v) is 11.3. The SMILES string of the molecule is Nc1ccc(C(=O)O)c(NC(=O)c2ccc(Cl)c(F)c2)c1. The number of aromatic carboxylic acids is 1. The van der Waals surface area contributed by atoms with Crippen molar-refractivity contribution in [2.45, 2.75) is 0 Å². The number of halogens is 2. The Hall–Kier alpha value is -2.60. The van der Waals surface area contributed by atoms with Crippen LogP contribution in [0.25, 0.3) is 0 Å². The monoisotopic (exact) mass is 308 g/mol. The number of hydrogen-bond acceptors (Lipinski definition) is 3. The molecule has 0 fully saturated rings. The standard InChI is InChI=1S/C14H10ClFN2O3/c15-10-4-1-7(5-11(10)16)13(19)18-12-6-8(17)2-3-9(12)14(20)21/h1-6H,17H2,(H,18,19)(H,20,21). The predicted octanol–water partition coefficient (Wildman–Crippen LogP) is 3.01. The van der Waals surface area contributed by atoms with Crippen LogP contribution in [0.3, 0.4) is 0 Å². The van der Waals surface area contributed by atoms with E-state index in [4.69, 9.17) is 22.4 Å². The maximum Gasteiger partial charge on any atom is 0.337 e. The number of rotatable bonds is 3. The fourth-order valence-corrected chi connectivity index (χ4v) is 1.80. The molecule has 0 bridgehead atoms. The fourth-order valence-electron chi connectivity index (χ4n) is 1.68. The molecule has 1 amide bonds. The van der Waals surface area contributed by atoms with Crippen molar-refractivity contribution < 1.29 is 19.1 Å². The molecule has 4 N–H and O–H groups in total. The van der Waals surface area contributed by atoms with Crippen LogP contribution in [0.5, 0.6) is 0 Å². The van der Waals surface area contributed by atoms with Crippen LogP contribution in [0.1, 0.15) is 20.7 Å². The maximum atomic E-state index is 13.3. The van der Waals surface area contributed by atoms with Crippen LogP contribution in [0.15, 0.2) is 36.4 Å². The minimum absolute atomic E-state index is 0.00987. The van der Waals surface area contributed by atoms with Crippen molar-refractivity contribution >= 4 is 34.9 Å². The van der Waals surface area contributed by atoms with E-state index in [9.17, 15) is 14.0 Å². The van der Waals surface area contributed by atoms with Gasteiger partial charge in [0.05, 0.1) is 16.3 Å². The van der Waals surface area contributed by atoms with Crippen molar-refractivity contribution in [1.29, 1.82) is 0 Å². The topological polar surface area (TPSA) is 92.4 Å². The highest BCUT2D eigenvalue weighted by Gasteiger charge is 2.15. The molecule has 0 aliphatic carbocycles. The first-order valence-electron chi connectivity index (χ1n) is 5.77. The number of anilines is 2. The third kappa shape index (κ3) is 3.29. The maximum absolute atomic E-state index is 13.3. The Morgan fingerprint density at radius 2 is 1.90 bits per heavy atom. The molecule has 0 aromatic heterocycles. The molecule has 2 aromatic carbocycles. The van der Waals surface area contributed by atoms with Gasteiger partial charge in [0.2, 0.25) is 0 Å². The van der Waals surface area contributed by atoms with Crippen molar-refractivity contribution in [1.82, 2.24) is 0 Å². The molecule has 108 valence electrons. The normalized spacial score (nSPS) is 10.2. The summed E-state index contributed by atoms with van der Waals surface area (Å²) in [6.07, 6.45) is 0. The molecular weight excluding hydrogens is 299 g/mol. The number of nitrogen functional groups attached to an aromatic ring is 1. The number of nitrogens with one attached hydrogen (secondary N) is 1. The number of hydrogen-bond donors (Lipinski definition) is 3. The molecule has 0 saturated carbocycles. The van der Waals surface area contributed by atoms with E-state index in [1.165, 1.54) is 30.3 Å². The minimum Gasteiger partial charge on any atom is -0.478 e. The van der Waals surface area contributed by atoms with E-state index in [0.717, 1.165) is 6.07 Å². The molecule has 5 nitrogen and oxygen atoms in total. The Morgan fingerprint density at radius 1 is 1.19 bits per heavy atom. The second-order valence-electron chi connectivity index (χ2n) is 4.19. The molecular formula is C14H10ClFN2O3. The summed E-state index contributed by atoms with van der Waals surface area (Å²) in [6, 6.07) is 7.52. The molecule has 0 heterocycles. The average molecular weight is 309 g/mol. The Labute approximate surface area is 124 Å². The summed E-state index contributed by atoms with van der Waals surface area (Å²) < 4.78 is 13.3. The van der Waals surface area contributed by atoms with Gasteiger partial charge in [0.25, 0.3) is 5.91 Å². The van der Waals surface area contributed by atoms with E-state index in [2.05, 4.69) is 5.32 Å². The van der Waals surface area contributed by atoms with E-state index < -0.39 is 17.7 Å². The van der Waals surface area contributed by atoms with Crippen molar-refractivity contribution in [3.8, 4) is 0 Å². The molecule has 0 spiro atoms. The van der Waals surface area contributed by atoms with Crippen LogP contribution in [-0.4, -0.2) is 17.0 Å². The van der Waals surface area contributed by atoms with Gasteiger partial charge < -0.3 is 16.2 Å². The second-order valence-corrected chi connectivity index (χ2v) is 4.60. The number of nitrogens with two attached hydrogens (primary N) is 1. The Bertz CT molecular complexity index is 734. The summed E-state index contributed by atoms with van der Waals surface area (Å²) in [7, 11) is 0. The van der Waals surface area contributed by atoms with Gasteiger partial charge >= 0.3 is 5.97 Å². The van der Waals surface area contributed by atoms with Crippen molar-refractivity contribution in [3.63, 3.8) is 0 Å². The molecule has 0 radical (unpaired) electrons. The Balaban J connectivity index is 2.33. The lowest BCUT2D eigenvalue weighted by molar-refractivity contribution is 0.0698. The van der Waals surface area contributed by atoms with E-state index >= 15 is 0 Å². The van der Waals surface area contributed by atoms with Gasteiger partial charge in [-0.1, -0.05) is 11.6 Å². The molecule has 0 aliphatic rings. The lowest BCUT2D eigenvalue weighted by Crippen LogP contribution is -2.15. The minimum atomic E-state index is -1.22. The first-order valence-corrected chi connectivity index (χ1v) is 6.15. The van der Waals surface area contributed by atoms with Crippen molar-refractivity contribution in [3.05, 3.63) is 58.4 Å². The number of amides is 1. The predicted molar refractivity (Wildman–Crippen MR) is 77.2 cm³/mol. The number of carbonyl (C=O) groups excluding carboxylic acids is 1. The summed E-state index contributed by atoms with van der Waals surface area (Å²) in [5.41, 5.74) is 5.78. The van der Waals surface area contributed by atoms with E-state index in [1.807, 2.05) is 0 Å². The first-order chi connectivity index (χ1) is 9.88. The molecule has 21 heavy (non-hydrogen) atoms. The number of carbonyl (C=O) groups is 2. The summed E-state index contributed by atoms with van der Waals surface area (Å²) in [5, 5.41) is 11.3. The molecule has 0 unspecified atom stereocenters. The summed E-state index contributed by atoms with van der Waals surface area (Å²) in [5.74, 6) is -2.62. The molecule has 2 aromatic rings. The lowest BCUT2D eigenvalue weighted by atomic mass is 10.1. The van der Waals surface area contributed by atoms with Gasteiger partial charge in [-0.25, -0.2) is 9.18 Å². The first kappa shape index (κ1) is 14.8. The molecule has 0 atom stereocenters. The second kappa shape index (κ2) is 5.80. The average Bonchev–Trinajstić information content (AvgIpc) is 2.41. The molecule has 7 heteroatoms. The highest BCUT2D eigenvalue weighted by Crippen LogP contribution is 2.21. The van der Waals surface area contributed by atoms with Crippen LogP contribution >= 0.6 is 11.6 Å². The fraction of sp³-hybridized carbons (Fsp3) is 0. The van der Waals surface area contributed by atoms with Crippen LogP contribution in [0, 0.1) is 5.82 Å². The third-order valence-corrected chi connectivity index (χ3v) is 3.01. The smallest absolute Gasteiger partial charge is 0.337 e. The molecule has 0 saturated heterocycles. The van der Waals surface area contributed by atoms with Gasteiger partial charge in [-0.05, 0) is 36.4 Å². The summed E-state index contributed by atoms with van der Waals surface area (Å²) in [6.45, 7) is 0. The number of carboxylic acid groups (broad SMARTS) is 1. The number of carboxylic acids is 1. The van der Waals surface area contributed by atoms with Gasteiger partial charge in [0.1, 0.15) is 5.82 Å². The van der Waals surface area contributed by atoms with E-state index in [0.29, 0.717) is 0 Å². The molecule has 0 aliphatic heterocycles. The van der Waals surface area contributed by atoms with Crippen LogP contribution < -0.4 is 11.1 Å². The number of benzene rings is 2. The quantitative estimate of drug-likeness (QED) is 0.760. The van der Waals surface area contributed by atoms with Crippen molar-refractivity contribution in [2.24, 2.45) is 0 Å².